The lowest BCUT2D eigenvalue weighted by Crippen LogP contribution is -2.60. The lowest BCUT2D eigenvalue weighted by Gasteiger charge is -2.42. The van der Waals surface area contributed by atoms with Crippen LogP contribution in [0.4, 0.5) is 23.7 Å². The fourth-order valence-electron chi connectivity index (χ4n) is 2.94. The summed E-state index contributed by atoms with van der Waals surface area (Å²) in [6.45, 7) is 0. The molecular weight excluding hydrogens is 359 g/mol. The van der Waals surface area contributed by atoms with Gasteiger partial charge in [0, 0.05) is 18.0 Å². The molecule has 4 rings (SSSR count). The first-order chi connectivity index (χ1) is 11.8. The highest BCUT2D eigenvalue weighted by molar-refractivity contribution is 6.32. The van der Waals surface area contributed by atoms with Crippen LogP contribution in [-0.4, -0.2) is 17.2 Å². The number of benzene rings is 1. The van der Waals surface area contributed by atoms with Crippen LogP contribution in [0.1, 0.15) is 11.1 Å². The van der Waals surface area contributed by atoms with Gasteiger partial charge in [-0.2, -0.15) is 13.2 Å². The summed E-state index contributed by atoms with van der Waals surface area (Å²) in [5.74, 6) is -0.260. The van der Waals surface area contributed by atoms with E-state index in [9.17, 15) is 18.0 Å². The second kappa shape index (κ2) is 5.13. The molecule has 5 nitrogen and oxygen atoms in total. The minimum atomic E-state index is -4.82. The van der Waals surface area contributed by atoms with E-state index in [1.807, 2.05) is 5.32 Å². The molecule has 1 atom stereocenters. The molecule has 1 aromatic heterocycles. The van der Waals surface area contributed by atoms with Crippen LogP contribution in [0.25, 0.3) is 5.76 Å². The molecule has 2 amide bonds. The predicted molar refractivity (Wildman–Crippen MR) is 84.2 cm³/mol. The van der Waals surface area contributed by atoms with Crippen molar-refractivity contribution in [2.75, 3.05) is 5.32 Å². The maximum absolute atomic E-state index is 14.1. The monoisotopic (exact) mass is 367 g/mol. The standard InChI is InChI=1S/C16H9ClF3N3O2/c17-9-3-4-10-12-13(9)25-11(8-2-1-5-21-7-8)6-15(12,16(18,19)20)23-14(24)22-10/h1-7H,(H2,22,23,24)/t15-/m0/s1. The fourth-order valence-corrected chi connectivity index (χ4v) is 3.13. The van der Waals surface area contributed by atoms with E-state index in [0.717, 1.165) is 6.08 Å². The van der Waals surface area contributed by atoms with Crippen LogP contribution in [0.2, 0.25) is 5.02 Å². The third-order valence-electron chi connectivity index (χ3n) is 4.02. The molecule has 0 saturated carbocycles. The van der Waals surface area contributed by atoms with E-state index in [1.165, 1.54) is 24.5 Å². The van der Waals surface area contributed by atoms with Crippen molar-refractivity contribution in [1.29, 1.82) is 0 Å². The van der Waals surface area contributed by atoms with Crippen LogP contribution in [0, 0.1) is 0 Å². The first-order valence-corrected chi connectivity index (χ1v) is 7.49. The van der Waals surface area contributed by atoms with Crippen LogP contribution in [0.5, 0.6) is 5.75 Å². The number of amides is 2. The van der Waals surface area contributed by atoms with Crippen molar-refractivity contribution in [2.24, 2.45) is 0 Å². The number of halogens is 4. The molecule has 9 heteroatoms. The molecule has 2 aromatic rings. The molecule has 3 heterocycles. The maximum Gasteiger partial charge on any atom is 0.419 e. The molecule has 1 aromatic carbocycles. The molecule has 128 valence electrons. The molecule has 2 aliphatic rings. The van der Waals surface area contributed by atoms with Gasteiger partial charge in [0.25, 0.3) is 0 Å². The molecule has 0 saturated heterocycles. The number of anilines is 1. The van der Waals surface area contributed by atoms with Gasteiger partial charge >= 0.3 is 12.2 Å². The smallest absolute Gasteiger partial charge is 0.419 e. The van der Waals surface area contributed by atoms with Gasteiger partial charge in [-0.15, -0.1) is 0 Å². The molecular formula is C16H9ClF3N3O2. The normalized spacial score (nSPS) is 21.4. The maximum atomic E-state index is 14.1. The van der Waals surface area contributed by atoms with E-state index in [4.69, 9.17) is 16.3 Å². The minimum absolute atomic E-state index is 0.000172. The third kappa shape index (κ3) is 2.25. The number of pyridine rings is 1. The Balaban J connectivity index is 2.04. The number of hydrogen-bond donors (Lipinski definition) is 2. The second-order valence-electron chi connectivity index (χ2n) is 5.54. The quantitative estimate of drug-likeness (QED) is 0.799. The topological polar surface area (TPSA) is 63.2 Å². The Morgan fingerprint density at radius 3 is 2.72 bits per heavy atom. The summed E-state index contributed by atoms with van der Waals surface area (Å²) in [5, 5.41) is 4.33. The van der Waals surface area contributed by atoms with Gasteiger partial charge in [-0.25, -0.2) is 4.79 Å². The van der Waals surface area contributed by atoms with Crippen LogP contribution in [0.3, 0.4) is 0 Å². The van der Waals surface area contributed by atoms with Gasteiger partial charge in [0.05, 0.1) is 16.3 Å². The molecule has 0 radical (unpaired) electrons. The summed E-state index contributed by atoms with van der Waals surface area (Å²) >= 11 is 6.09. The second-order valence-corrected chi connectivity index (χ2v) is 5.94. The van der Waals surface area contributed by atoms with Crippen molar-refractivity contribution in [3.05, 3.63) is 58.9 Å². The SMILES string of the molecule is O=C1Nc2ccc(Cl)c3c2[C@](C(F)(F)F)(C=C(c2cccnc2)O3)N1. The van der Waals surface area contributed by atoms with E-state index in [0.29, 0.717) is 5.56 Å². The van der Waals surface area contributed by atoms with Gasteiger partial charge in [0.2, 0.25) is 0 Å². The van der Waals surface area contributed by atoms with Gasteiger partial charge in [0.1, 0.15) is 5.76 Å². The average molecular weight is 368 g/mol. The third-order valence-corrected chi connectivity index (χ3v) is 4.31. The zero-order chi connectivity index (χ0) is 17.8. The van der Waals surface area contributed by atoms with Crippen molar-refractivity contribution in [1.82, 2.24) is 10.3 Å². The van der Waals surface area contributed by atoms with Crippen LogP contribution >= 0.6 is 11.6 Å². The van der Waals surface area contributed by atoms with E-state index in [-0.39, 0.29) is 27.8 Å². The highest BCUT2D eigenvalue weighted by atomic mass is 35.5. The Bertz CT molecular complexity index is 915. The highest BCUT2D eigenvalue weighted by Crippen LogP contribution is 2.54. The zero-order valence-electron chi connectivity index (χ0n) is 12.3. The lowest BCUT2D eigenvalue weighted by atomic mass is 9.82. The summed E-state index contributed by atoms with van der Waals surface area (Å²) in [5.41, 5.74) is -2.72. The largest absolute Gasteiger partial charge is 0.455 e. The predicted octanol–water partition coefficient (Wildman–Crippen LogP) is 4.06. The summed E-state index contributed by atoms with van der Waals surface area (Å²) in [6.07, 6.45) is -1.14. The van der Waals surface area contributed by atoms with Gasteiger partial charge in [-0.05, 0) is 30.3 Å². The number of nitrogens with zero attached hydrogens (tertiary/aromatic N) is 1. The van der Waals surface area contributed by atoms with E-state index in [2.05, 4.69) is 10.3 Å². The molecule has 25 heavy (non-hydrogen) atoms. The van der Waals surface area contributed by atoms with Gasteiger partial charge in [0.15, 0.2) is 11.3 Å². The molecule has 0 spiro atoms. The van der Waals surface area contributed by atoms with Crippen LogP contribution < -0.4 is 15.4 Å². The summed E-state index contributed by atoms with van der Waals surface area (Å²) < 4.78 is 47.9. The number of nitrogens with one attached hydrogen (secondary N) is 2. The van der Waals surface area contributed by atoms with Gasteiger partial charge < -0.3 is 15.4 Å². The summed E-state index contributed by atoms with van der Waals surface area (Å²) in [4.78, 5) is 15.8. The average Bonchev–Trinajstić information content (AvgIpc) is 2.57. The molecule has 2 aliphatic heterocycles. The number of hydrogen-bond acceptors (Lipinski definition) is 3. The van der Waals surface area contributed by atoms with Crippen molar-refractivity contribution in [3.63, 3.8) is 0 Å². The van der Waals surface area contributed by atoms with Crippen molar-refractivity contribution < 1.29 is 22.7 Å². The van der Waals surface area contributed by atoms with Crippen molar-refractivity contribution >= 4 is 29.1 Å². The molecule has 2 N–H and O–H groups in total. The Kier molecular flexibility index (Phi) is 3.23. The number of carbonyl (C=O) groups is 1. The molecule has 0 fully saturated rings. The van der Waals surface area contributed by atoms with Gasteiger partial charge in [-0.3, -0.25) is 4.98 Å². The number of carbonyl (C=O) groups excluding carboxylic acids is 1. The molecule has 0 unspecified atom stereocenters. The Hall–Kier alpha value is -2.74. The highest BCUT2D eigenvalue weighted by Gasteiger charge is 2.61. The Morgan fingerprint density at radius 2 is 2.04 bits per heavy atom. The van der Waals surface area contributed by atoms with Crippen molar-refractivity contribution in [3.8, 4) is 5.75 Å². The number of alkyl halides is 3. The molecule has 0 aliphatic carbocycles. The number of ether oxygens (including phenoxy) is 1. The number of aromatic nitrogens is 1. The Labute approximate surface area is 144 Å². The minimum Gasteiger partial charge on any atom is -0.455 e. The van der Waals surface area contributed by atoms with E-state index in [1.54, 1.807) is 12.1 Å². The summed E-state index contributed by atoms with van der Waals surface area (Å²) in [6, 6.07) is 4.83. The van der Waals surface area contributed by atoms with Crippen molar-refractivity contribution in [2.45, 2.75) is 11.7 Å². The number of rotatable bonds is 1. The number of urea groups is 1. The van der Waals surface area contributed by atoms with Gasteiger partial charge in [-0.1, -0.05) is 11.6 Å². The van der Waals surface area contributed by atoms with Crippen LogP contribution in [0.15, 0.2) is 42.7 Å². The van der Waals surface area contributed by atoms with Crippen LogP contribution in [-0.2, 0) is 5.54 Å². The Morgan fingerprint density at radius 1 is 1.24 bits per heavy atom. The van der Waals surface area contributed by atoms with E-state index < -0.39 is 17.7 Å². The zero-order valence-corrected chi connectivity index (χ0v) is 13.1. The summed E-state index contributed by atoms with van der Waals surface area (Å²) in [7, 11) is 0. The first kappa shape index (κ1) is 15.8. The fraction of sp³-hybridized carbons (Fsp3) is 0.125. The van der Waals surface area contributed by atoms with E-state index >= 15 is 0 Å². The molecule has 0 bridgehead atoms. The lowest BCUT2D eigenvalue weighted by molar-refractivity contribution is -0.182. The first-order valence-electron chi connectivity index (χ1n) is 7.12.